The molecule has 0 saturated carbocycles. The van der Waals surface area contributed by atoms with E-state index in [1.54, 1.807) is 0 Å². The fraction of sp³-hybridized carbons (Fsp3) is 0.240. The highest BCUT2D eigenvalue weighted by molar-refractivity contribution is 5.84. The molecule has 3 aromatic carbocycles. The first-order chi connectivity index (χ1) is 24.9. The van der Waals surface area contributed by atoms with Gasteiger partial charge in [0.1, 0.15) is 11.5 Å². The van der Waals surface area contributed by atoms with Crippen LogP contribution in [0.2, 0.25) is 0 Å². The van der Waals surface area contributed by atoms with E-state index in [1.807, 2.05) is 0 Å². The first-order valence-corrected chi connectivity index (χ1v) is 18.5. The van der Waals surface area contributed by atoms with E-state index >= 15 is 0 Å². The molecule has 1 aliphatic rings. The molecule has 0 saturated heterocycles. The van der Waals surface area contributed by atoms with Crippen molar-refractivity contribution in [2.45, 2.75) is 68.2 Å². The summed E-state index contributed by atoms with van der Waals surface area (Å²) in [5.74, 6) is 1.88. The largest absolute Gasteiger partial charge is 0.461 e. The number of aryl methyl sites for hydroxylation is 1. The van der Waals surface area contributed by atoms with Gasteiger partial charge in [0.15, 0.2) is 0 Å². The van der Waals surface area contributed by atoms with Crippen molar-refractivity contribution >= 4 is 16.8 Å². The van der Waals surface area contributed by atoms with Crippen LogP contribution < -0.4 is 4.90 Å². The molecule has 1 aromatic heterocycles. The number of furan rings is 1. The zero-order valence-corrected chi connectivity index (χ0v) is 32.5. The Hall–Kier alpha value is -5.34. The smallest absolute Gasteiger partial charge is 0.137 e. The van der Waals surface area contributed by atoms with Crippen LogP contribution in [-0.4, -0.2) is 6.54 Å². The summed E-state index contributed by atoms with van der Waals surface area (Å²) in [5.41, 5.74) is 14.7. The summed E-state index contributed by atoms with van der Waals surface area (Å²) in [5, 5.41) is 0. The van der Waals surface area contributed by atoms with Crippen LogP contribution >= 0.6 is 0 Å². The number of rotatable bonds is 11. The number of hydrogen-bond acceptors (Lipinski definition) is 2. The minimum Gasteiger partial charge on any atom is -0.461 e. The molecule has 4 aromatic rings. The van der Waals surface area contributed by atoms with Crippen molar-refractivity contribution in [1.82, 2.24) is 0 Å². The summed E-state index contributed by atoms with van der Waals surface area (Å²) in [4.78, 5) is 2.37. The van der Waals surface area contributed by atoms with Crippen molar-refractivity contribution < 1.29 is 4.42 Å². The molecule has 0 aliphatic heterocycles. The van der Waals surface area contributed by atoms with Crippen LogP contribution in [0.1, 0.15) is 75.7 Å². The van der Waals surface area contributed by atoms with Crippen molar-refractivity contribution in [2.75, 3.05) is 11.4 Å². The highest BCUT2D eigenvalue weighted by Gasteiger charge is 2.28. The van der Waals surface area contributed by atoms with E-state index < -0.39 is 0 Å². The molecule has 0 fully saturated rings. The normalized spacial score (nSPS) is 18.4. The van der Waals surface area contributed by atoms with E-state index in [9.17, 15) is 0 Å². The minimum absolute atomic E-state index is 0.0910. The van der Waals surface area contributed by atoms with Gasteiger partial charge in [-0.1, -0.05) is 143 Å². The molecule has 1 aliphatic carbocycles. The maximum absolute atomic E-state index is 6.47. The highest BCUT2D eigenvalue weighted by atomic mass is 16.3. The summed E-state index contributed by atoms with van der Waals surface area (Å²) in [7, 11) is 0. The molecule has 266 valence electrons. The summed E-state index contributed by atoms with van der Waals surface area (Å²) in [6.45, 7) is 27.4. The number of benzene rings is 3. The van der Waals surface area contributed by atoms with Gasteiger partial charge in [0.2, 0.25) is 0 Å². The molecule has 0 unspecified atom stereocenters. The van der Waals surface area contributed by atoms with Crippen molar-refractivity contribution in [1.29, 1.82) is 0 Å². The van der Waals surface area contributed by atoms with Crippen LogP contribution in [-0.2, 0) is 0 Å². The lowest BCUT2D eigenvalue weighted by Gasteiger charge is -2.27. The van der Waals surface area contributed by atoms with Gasteiger partial charge in [0.05, 0.1) is 0 Å². The van der Waals surface area contributed by atoms with Gasteiger partial charge in [-0.15, -0.1) is 0 Å². The quantitative estimate of drug-likeness (QED) is 0.146. The Morgan fingerprint density at radius 1 is 0.865 bits per heavy atom. The molecule has 0 atom stereocenters. The van der Waals surface area contributed by atoms with Gasteiger partial charge in [-0.2, -0.15) is 0 Å². The molecular formula is C50H55NO. The SMILES string of the molecule is C=C(/C=C\CN(C1=C/C(=C)/C(c2oc(C)c(C)c2C)=C(/C)C(C)(C)C/C=C\1)c1ccc(-c2ccccc2)cc1)C(=C/CC)/C=C(\C)c1ccccc1. The van der Waals surface area contributed by atoms with E-state index in [0.29, 0.717) is 6.54 Å². The second-order valence-electron chi connectivity index (χ2n) is 14.5. The average molecular weight is 686 g/mol. The second kappa shape index (κ2) is 16.8. The third-order valence-corrected chi connectivity index (χ3v) is 10.5. The van der Waals surface area contributed by atoms with Gasteiger partial charge in [0, 0.05) is 23.5 Å². The first kappa shape index (κ1) is 37.9. The van der Waals surface area contributed by atoms with E-state index in [1.165, 1.54) is 39.0 Å². The molecule has 0 radical (unpaired) electrons. The lowest BCUT2D eigenvalue weighted by Crippen LogP contribution is -2.22. The zero-order valence-electron chi connectivity index (χ0n) is 32.5. The van der Waals surface area contributed by atoms with Gasteiger partial charge in [-0.25, -0.2) is 0 Å². The monoisotopic (exact) mass is 685 g/mol. The van der Waals surface area contributed by atoms with Crippen LogP contribution in [0.25, 0.3) is 22.3 Å². The molecule has 52 heavy (non-hydrogen) atoms. The molecule has 0 spiro atoms. The van der Waals surface area contributed by atoms with Crippen LogP contribution in [0.5, 0.6) is 0 Å². The van der Waals surface area contributed by atoms with Crippen molar-refractivity contribution in [3.63, 3.8) is 0 Å². The van der Waals surface area contributed by atoms with E-state index in [0.717, 1.165) is 58.0 Å². The van der Waals surface area contributed by atoms with Gasteiger partial charge in [0.25, 0.3) is 0 Å². The molecule has 1 heterocycles. The lowest BCUT2D eigenvalue weighted by molar-refractivity contribution is 0.451. The standard InChI is InChI=1S/C50H55NO/c1-11-20-45(33-36(3)42-22-14-12-15-23-42)35(2)21-19-32-51(46-29-27-44(28-30-46)43-24-16-13-17-25-43)47-26-18-31-50(9,10)40(7)48(37(4)34-47)49-39(6)38(5)41(8)52-49/h12-30,33-34H,2,4,11,31-32H2,1,3,5-10H3/b21-19-,26-18-,36-33+,45-20+,47-34+,48-40+. The van der Waals surface area contributed by atoms with Gasteiger partial charge < -0.3 is 9.32 Å². The third-order valence-electron chi connectivity index (χ3n) is 10.5. The number of hydrogen-bond donors (Lipinski definition) is 0. The van der Waals surface area contributed by atoms with E-state index in [4.69, 9.17) is 11.0 Å². The zero-order chi connectivity index (χ0) is 37.4. The van der Waals surface area contributed by atoms with Crippen LogP contribution in [0.4, 0.5) is 5.69 Å². The molecule has 0 amide bonds. The van der Waals surface area contributed by atoms with Crippen molar-refractivity contribution in [2.24, 2.45) is 5.41 Å². The van der Waals surface area contributed by atoms with Crippen LogP contribution in [0.3, 0.4) is 0 Å². The Kier molecular flexibility index (Phi) is 12.2. The Bertz CT molecular complexity index is 2090. The topological polar surface area (TPSA) is 16.4 Å². The van der Waals surface area contributed by atoms with Crippen molar-refractivity contribution in [3.8, 4) is 11.1 Å². The Morgan fingerprint density at radius 3 is 2.12 bits per heavy atom. The van der Waals surface area contributed by atoms with Gasteiger partial charge >= 0.3 is 0 Å². The summed E-state index contributed by atoms with van der Waals surface area (Å²) < 4.78 is 6.47. The van der Waals surface area contributed by atoms with Gasteiger partial charge in [-0.05, 0) is 127 Å². The molecule has 2 nitrogen and oxygen atoms in total. The fourth-order valence-electron chi connectivity index (χ4n) is 6.71. The summed E-state index contributed by atoms with van der Waals surface area (Å²) >= 11 is 0. The Morgan fingerprint density at radius 2 is 1.50 bits per heavy atom. The average Bonchev–Trinajstić information content (AvgIpc) is 3.41. The Balaban J connectivity index is 1.55. The minimum atomic E-state index is -0.0910. The van der Waals surface area contributed by atoms with Gasteiger partial charge in [-0.3, -0.25) is 0 Å². The Labute approximate surface area is 313 Å². The molecule has 0 N–H and O–H groups in total. The highest BCUT2D eigenvalue weighted by Crippen LogP contribution is 2.43. The number of allylic oxidation sites excluding steroid dienone is 12. The van der Waals surface area contributed by atoms with E-state index in [-0.39, 0.29) is 5.41 Å². The van der Waals surface area contributed by atoms with Crippen LogP contribution in [0, 0.1) is 26.2 Å². The summed E-state index contributed by atoms with van der Waals surface area (Å²) in [6.07, 6.45) is 17.5. The van der Waals surface area contributed by atoms with Crippen molar-refractivity contribution in [3.05, 3.63) is 197 Å². The number of nitrogens with zero attached hydrogens (tertiary/aromatic N) is 1. The molecule has 2 heteroatoms. The molecule has 0 bridgehead atoms. The fourth-order valence-corrected chi connectivity index (χ4v) is 6.71. The predicted octanol–water partition coefficient (Wildman–Crippen LogP) is 14.1. The third kappa shape index (κ3) is 8.75. The van der Waals surface area contributed by atoms with Crippen LogP contribution in [0.15, 0.2) is 173 Å². The lowest BCUT2D eigenvalue weighted by atomic mass is 9.77. The molecular weight excluding hydrogens is 631 g/mol. The first-order valence-electron chi connectivity index (χ1n) is 18.5. The maximum Gasteiger partial charge on any atom is 0.137 e. The number of anilines is 1. The predicted molar refractivity (Wildman–Crippen MR) is 226 cm³/mol. The second-order valence-corrected chi connectivity index (χ2v) is 14.5. The maximum atomic E-state index is 6.47. The van der Waals surface area contributed by atoms with E-state index in [2.05, 4.69) is 194 Å². The summed E-state index contributed by atoms with van der Waals surface area (Å²) in [6, 6.07) is 29.9. The molecule has 5 rings (SSSR count).